The van der Waals surface area contributed by atoms with Crippen molar-refractivity contribution in [2.24, 2.45) is 5.92 Å². The number of hydrogen-bond acceptors (Lipinski definition) is 3. The first-order valence-corrected chi connectivity index (χ1v) is 9.59. The van der Waals surface area contributed by atoms with Gasteiger partial charge < -0.3 is 14.9 Å². The fourth-order valence-corrected chi connectivity index (χ4v) is 4.66. The van der Waals surface area contributed by atoms with Gasteiger partial charge in [-0.3, -0.25) is 9.59 Å². The summed E-state index contributed by atoms with van der Waals surface area (Å²) in [5, 5.41) is 10.0. The number of para-hydroxylation sites is 1. The van der Waals surface area contributed by atoms with Crippen molar-refractivity contribution in [2.75, 3.05) is 18.1 Å². The molecule has 27 heavy (non-hydrogen) atoms. The number of carbonyl (C=O) groups excluding carboxylic acids is 2. The van der Waals surface area contributed by atoms with Crippen LogP contribution in [-0.4, -0.2) is 47.1 Å². The summed E-state index contributed by atoms with van der Waals surface area (Å²) in [7, 11) is 0. The molecule has 3 aliphatic rings. The van der Waals surface area contributed by atoms with Crippen LogP contribution in [0.15, 0.2) is 54.6 Å². The Balaban J connectivity index is 1.52. The van der Waals surface area contributed by atoms with E-state index in [1.807, 2.05) is 47.4 Å². The molecule has 1 saturated heterocycles. The van der Waals surface area contributed by atoms with Gasteiger partial charge in [0.25, 0.3) is 5.91 Å². The number of hydrogen-bond donors (Lipinski definition) is 1. The molecule has 2 fully saturated rings. The molecule has 5 nitrogen and oxygen atoms in total. The topological polar surface area (TPSA) is 60.9 Å². The average Bonchev–Trinajstić information content (AvgIpc) is 3.54. The van der Waals surface area contributed by atoms with E-state index in [0.29, 0.717) is 12.1 Å². The third kappa shape index (κ3) is 2.49. The molecule has 5 rings (SSSR count). The number of nitrogens with zero attached hydrogens (tertiary/aromatic N) is 2. The zero-order valence-corrected chi connectivity index (χ0v) is 15.0. The van der Waals surface area contributed by atoms with Crippen LogP contribution in [0.25, 0.3) is 0 Å². The summed E-state index contributed by atoms with van der Waals surface area (Å²) in [5.74, 6) is 0.290. The molecule has 2 aromatic carbocycles. The molecule has 138 valence electrons. The molecule has 5 heteroatoms. The Morgan fingerprint density at radius 1 is 1.00 bits per heavy atom. The van der Waals surface area contributed by atoms with E-state index in [9.17, 15) is 14.7 Å². The number of aliphatic hydroxyl groups excluding tert-OH is 1. The molecule has 1 N–H and O–H groups in total. The summed E-state index contributed by atoms with van der Waals surface area (Å²) in [6.07, 6.45) is 1.91. The first-order valence-electron chi connectivity index (χ1n) is 9.59. The van der Waals surface area contributed by atoms with E-state index in [1.165, 1.54) is 0 Å². The third-order valence-corrected chi connectivity index (χ3v) is 6.13. The average molecular weight is 362 g/mol. The normalized spacial score (nSPS) is 26.0. The van der Waals surface area contributed by atoms with E-state index in [4.69, 9.17) is 0 Å². The van der Waals surface area contributed by atoms with E-state index in [2.05, 4.69) is 0 Å². The van der Waals surface area contributed by atoms with E-state index >= 15 is 0 Å². The summed E-state index contributed by atoms with van der Waals surface area (Å²) < 4.78 is 0. The number of aliphatic hydroxyl groups is 1. The Bertz CT molecular complexity index is 893. The maximum Gasteiger partial charge on any atom is 0.254 e. The fourth-order valence-electron chi connectivity index (χ4n) is 4.66. The SMILES string of the molecule is O=C(C1CC1)N1C[C@H]2[C@@H](c3ccccc31)[C@@H](CO)N2C(=O)c1ccccc1. The van der Waals surface area contributed by atoms with Gasteiger partial charge in [0.1, 0.15) is 0 Å². The third-order valence-electron chi connectivity index (χ3n) is 6.13. The number of carbonyl (C=O) groups is 2. The van der Waals surface area contributed by atoms with Gasteiger partial charge >= 0.3 is 0 Å². The lowest BCUT2D eigenvalue weighted by Crippen LogP contribution is -2.70. The Morgan fingerprint density at radius 2 is 1.70 bits per heavy atom. The van der Waals surface area contributed by atoms with Crippen LogP contribution in [0.3, 0.4) is 0 Å². The number of rotatable bonds is 3. The van der Waals surface area contributed by atoms with Gasteiger partial charge in [0.15, 0.2) is 0 Å². The van der Waals surface area contributed by atoms with Gasteiger partial charge in [-0.1, -0.05) is 36.4 Å². The predicted octanol–water partition coefficient (Wildman–Crippen LogP) is 2.41. The van der Waals surface area contributed by atoms with Crippen LogP contribution in [0.5, 0.6) is 0 Å². The lowest BCUT2D eigenvalue weighted by molar-refractivity contribution is -0.120. The first-order chi connectivity index (χ1) is 13.2. The number of likely N-dealkylation sites (tertiary alicyclic amines) is 1. The Kier molecular flexibility index (Phi) is 3.79. The molecule has 0 aromatic heterocycles. The van der Waals surface area contributed by atoms with E-state index < -0.39 is 0 Å². The largest absolute Gasteiger partial charge is 0.394 e. The number of anilines is 1. The Hall–Kier alpha value is -2.66. The van der Waals surface area contributed by atoms with Gasteiger partial charge in [-0.15, -0.1) is 0 Å². The standard InChI is InChI=1S/C22H22N2O3/c25-13-19-20-16-8-4-5-9-17(16)23(21(26)15-10-11-15)12-18(20)24(19)22(27)14-6-2-1-3-7-14/h1-9,15,18-20,25H,10-13H2/t18-,19+,20+/m0/s1. The summed E-state index contributed by atoms with van der Waals surface area (Å²) in [4.78, 5) is 29.6. The highest BCUT2D eigenvalue weighted by Crippen LogP contribution is 2.49. The quantitative estimate of drug-likeness (QED) is 0.912. The lowest BCUT2D eigenvalue weighted by atomic mass is 9.71. The Morgan fingerprint density at radius 3 is 2.41 bits per heavy atom. The zero-order valence-electron chi connectivity index (χ0n) is 15.0. The summed E-state index contributed by atoms with van der Waals surface area (Å²) in [5.41, 5.74) is 2.63. The minimum Gasteiger partial charge on any atom is -0.394 e. The minimum absolute atomic E-state index is 0.0714. The highest BCUT2D eigenvalue weighted by Gasteiger charge is 2.55. The van der Waals surface area contributed by atoms with E-state index in [1.54, 1.807) is 17.0 Å². The van der Waals surface area contributed by atoms with Crippen LogP contribution in [-0.2, 0) is 4.79 Å². The van der Waals surface area contributed by atoms with Crippen LogP contribution >= 0.6 is 0 Å². The highest BCUT2D eigenvalue weighted by molar-refractivity contribution is 5.99. The highest BCUT2D eigenvalue weighted by atomic mass is 16.3. The second-order valence-electron chi connectivity index (χ2n) is 7.70. The van der Waals surface area contributed by atoms with Crippen molar-refractivity contribution in [1.29, 1.82) is 0 Å². The maximum absolute atomic E-state index is 13.1. The number of fused-ring (bicyclic) bond motifs is 3. The minimum atomic E-state index is -0.248. The molecule has 2 amide bonds. The van der Waals surface area contributed by atoms with Crippen LogP contribution in [0.4, 0.5) is 5.69 Å². The van der Waals surface area contributed by atoms with Crippen molar-refractivity contribution in [3.63, 3.8) is 0 Å². The molecule has 2 heterocycles. The monoisotopic (exact) mass is 362 g/mol. The summed E-state index contributed by atoms with van der Waals surface area (Å²) in [6.45, 7) is 0.427. The van der Waals surface area contributed by atoms with Crippen LogP contribution in [0.2, 0.25) is 0 Å². The van der Waals surface area contributed by atoms with Crippen LogP contribution < -0.4 is 4.90 Å². The molecule has 2 aromatic rings. The molecule has 3 atom stereocenters. The second kappa shape index (κ2) is 6.20. The predicted molar refractivity (Wildman–Crippen MR) is 102 cm³/mol. The van der Waals surface area contributed by atoms with Gasteiger partial charge in [-0.25, -0.2) is 0 Å². The molecule has 1 aliphatic carbocycles. The van der Waals surface area contributed by atoms with Crippen molar-refractivity contribution in [1.82, 2.24) is 4.90 Å². The number of amides is 2. The molecular weight excluding hydrogens is 340 g/mol. The van der Waals surface area contributed by atoms with Crippen molar-refractivity contribution < 1.29 is 14.7 Å². The molecule has 0 spiro atoms. The van der Waals surface area contributed by atoms with Crippen molar-refractivity contribution in [3.05, 3.63) is 65.7 Å². The summed E-state index contributed by atoms with van der Waals surface area (Å²) in [6, 6.07) is 16.8. The van der Waals surface area contributed by atoms with E-state index in [-0.39, 0.29) is 42.3 Å². The molecule has 2 aliphatic heterocycles. The van der Waals surface area contributed by atoms with Gasteiger partial charge in [-0.05, 0) is 36.6 Å². The number of benzene rings is 2. The zero-order chi connectivity index (χ0) is 18.5. The van der Waals surface area contributed by atoms with Crippen molar-refractivity contribution >= 4 is 17.5 Å². The van der Waals surface area contributed by atoms with Gasteiger partial charge in [0.05, 0.1) is 18.7 Å². The van der Waals surface area contributed by atoms with E-state index in [0.717, 1.165) is 24.1 Å². The summed E-state index contributed by atoms with van der Waals surface area (Å²) >= 11 is 0. The molecule has 0 radical (unpaired) electrons. The molecular formula is C22H22N2O3. The smallest absolute Gasteiger partial charge is 0.254 e. The van der Waals surface area contributed by atoms with Crippen LogP contribution in [0, 0.1) is 5.92 Å². The van der Waals surface area contributed by atoms with Gasteiger partial charge in [0, 0.05) is 29.6 Å². The van der Waals surface area contributed by atoms with Gasteiger partial charge in [0.2, 0.25) is 5.91 Å². The van der Waals surface area contributed by atoms with Gasteiger partial charge in [-0.2, -0.15) is 0 Å². The van der Waals surface area contributed by atoms with Crippen LogP contribution in [0.1, 0.15) is 34.7 Å². The molecule has 1 saturated carbocycles. The van der Waals surface area contributed by atoms with Crippen molar-refractivity contribution in [3.8, 4) is 0 Å². The lowest BCUT2D eigenvalue weighted by Gasteiger charge is -2.59. The maximum atomic E-state index is 13.1. The first kappa shape index (κ1) is 16.5. The Labute approximate surface area is 158 Å². The molecule has 0 bridgehead atoms. The second-order valence-corrected chi connectivity index (χ2v) is 7.70. The van der Waals surface area contributed by atoms with Crippen molar-refractivity contribution in [2.45, 2.75) is 30.8 Å². The fraction of sp³-hybridized carbons (Fsp3) is 0.364. The molecule has 0 unspecified atom stereocenters.